The van der Waals surface area contributed by atoms with Crippen LogP contribution < -0.4 is 5.32 Å². The molecule has 0 aliphatic carbocycles. The Morgan fingerprint density at radius 2 is 1.88 bits per heavy atom. The number of aromatic nitrogens is 1. The van der Waals surface area contributed by atoms with Crippen LogP contribution in [0.4, 0.5) is 5.69 Å². The largest absolute Gasteiger partial charge is 0.356 e. The maximum atomic E-state index is 12.5. The van der Waals surface area contributed by atoms with Gasteiger partial charge in [0.25, 0.3) is 0 Å². The molecule has 4 rings (SSSR count). The highest BCUT2D eigenvalue weighted by atomic mass is 16.5. The lowest BCUT2D eigenvalue weighted by Crippen LogP contribution is -2.15. The Morgan fingerprint density at radius 1 is 1.04 bits per heavy atom. The molecule has 24 heavy (non-hydrogen) atoms. The Bertz CT molecular complexity index is 1040. The minimum atomic E-state index is -0.108. The summed E-state index contributed by atoms with van der Waals surface area (Å²) in [5, 5.41) is 10.0. The average molecular weight is 316 g/mol. The van der Waals surface area contributed by atoms with Crippen molar-refractivity contribution in [2.24, 2.45) is 0 Å². The van der Waals surface area contributed by atoms with Gasteiger partial charge in [-0.15, -0.1) is 0 Å². The number of nitrogens with zero attached hydrogens (tertiary/aromatic N) is 1. The fourth-order valence-corrected chi connectivity index (χ4v) is 2.91. The molecule has 0 aliphatic heterocycles. The van der Waals surface area contributed by atoms with Gasteiger partial charge in [-0.2, -0.15) is 0 Å². The summed E-state index contributed by atoms with van der Waals surface area (Å²) in [5.74, 6) is -0.108. The molecule has 0 unspecified atom stereocenters. The summed E-state index contributed by atoms with van der Waals surface area (Å²) < 4.78 is 5.30. The van der Waals surface area contributed by atoms with Gasteiger partial charge in [0, 0.05) is 16.5 Å². The Kier molecular flexibility index (Phi) is 3.50. The van der Waals surface area contributed by atoms with E-state index < -0.39 is 0 Å². The van der Waals surface area contributed by atoms with Crippen molar-refractivity contribution >= 4 is 33.3 Å². The van der Waals surface area contributed by atoms with Crippen molar-refractivity contribution in [1.29, 1.82) is 0 Å². The summed E-state index contributed by atoms with van der Waals surface area (Å²) in [6, 6.07) is 19.7. The van der Waals surface area contributed by atoms with Gasteiger partial charge < -0.3 is 9.84 Å². The predicted molar refractivity (Wildman–Crippen MR) is 95.0 cm³/mol. The van der Waals surface area contributed by atoms with Crippen molar-refractivity contribution in [2.75, 3.05) is 5.32 Å². The minimum absolute atomic E-state index is 0.108. The van der Waals surface area contributed by atoms with Gasteiger partial charge in [-0.05, 0) is 30.5 Å². The molecule has 0 saturated carbocycles. The lowest BCUT2D eigenvalue weighted by Gasteiger charge is -2.08. The fourth-order valence-electron chi connectivity index (χ4n) is 2.91. The minimum Gasteiger partial charge on any atom is -0.356 e. The number of benzene rings is 3. The number of amides is 1. The summed E-state index contributed by atoms with van der Waals surface area (Å²) in [7, 11) is 0. The standard InChI is InChI=1S/C20H16N2O2/c1-13-9-10-19-16(11-13)18(22-24-19)12-20(23)21-17-8-4-6-14-5-2-3-7-15(14)17/h2-11H,12H2,1H3,(H,21,23). The van der Waals surface area contributed by atoms with Crippen LogP contribution >= 0.6 is 0 Å². The van der Waals surface area contributed by atoms with E-state index in [0.717, 1.165) is 27.4 Å². The van der Waals surface area contributed by atoms with Gasteiger partial charge in [0.15, 0.2) is 5.58 Å². The van der Waals surface area contributed by atoms with E-state index in [-0.39, 0.29) is 12.3 Å². The van der Waals surface area contributed by atoms with Crippen molar-refractivity contribution in [3.05, 3.63) is 71.9 Å². The first-order valence-electron chi connectivity index (χ1n) is 7.83. The molecule has 0 radical (unpaired) electrons. The van der Waals surface area contributed by atoms with E-state index in [0.29, 0.717) is 11.3 Å². The zero-order valence-corrected chi connectivity index (χ0v) is 13.2. The molecule has 1 aromatic heterocycles. The molecule has 0 fully saturated rings. The van der Waals surface area contributed by atoms with Crippen molar-refractivity contribution < 1.29 is 9.32 Å². The van der Waals surface area contributed by atoms with Crippen LogP contribution in [0.3, 0.4) is 0 Å². The molecule has 1 amide bonds. The van der Waals surface area contributed by atoms with Crippen LogP contribution in [0.25, 0.3) is 21.7 Å². The summed E-state index contributed by atoms with van der Waals surface area (Å²) in [4.78, 5) is 12.5. The van der Waals surface area contributed by atoms with Gasteiger partial charge in [0.05, 0.1) is 6.42 Å². The van der Waals surface area contributed by atoms with Crippen LogP contribution in [0.2, 0.25) is 0 Å². The predicted octanol–water partition coefficient (Wildman–Crippen LogP) is 4.47. The van der Waals surface area contributed by atoms with Crippen molar-refractivity contribution in [3.63, 3.8) is 0 Å². The third-order valence-corrected chi connectivity index (χ3v) is 4.09. The van der Waals surface area contributed by atoms with Crippen molar-refractivity contribution in [2.45, 2.75) is 13.3 Å². The van der Waals surface area contributed by atoms with E-state index in [1.807, 2.05) is 67.6 Å². The summed E-state index contributed by atoms with van der Waals surface area (Å²) in [5.41, 5.74) is 3.28. The molecule has 0 atom stereocenters. The fraction of sp³-hybridized carbons (Fsp3) is 0.100. The van der Waals surface area contributed by atoms with Gasteiger partial charge in [-0.3, -0.25) is 4.79 Å². The van der Waals surface area contributed by atoms with Crippen molar-refractivity contribution in [3.8, 4) is 0 Å². The SMILES string of the molecule is Cc1ccc2onc(CC(=O)Nc3cccc4ccccc34)c2c1. The first kappa shape index (κ1) is 14.5. The number of aryl methyl sites for hydroxylation is 1. The van der Waals surface area contributed by atoms with E-state index in [9.17, 15) is 4.79 Å². The average Bonchev–Trinajstić information content (AvgIpc) is 2.97. The Labute approximate surface area is 139 Å². The van der Waals surface area contributed by atoms with Crippen LogP contribution in [0.15, 0.2) is 65.2 Å². The lowest BCUT2D eigenvalue weighted by molar-refractivity contribution is -0.115. The quantitative estimate of drug-likeness (QED) is 0.606. The molecule has 4 aromatic rings. The van der Waals surface area contributed by atoms with Gasteiger partial charge in [0.2, 0.25) is 5.91 Å². The number of hydrogen-bond acceptors (Lipinski definition) is 3. The lowest BCUT2D eigenvalue weighted by atomic mass is 10.1. The maximum absolute atomic E-state index is 12.5. The Morgan fingerprint density at radius 3 is 2.79 bits per heavy atom. The molecular weight excluding hydrogens is 300 g/mol. The third-order valence-electron chi connectivity index (χ3n) is 4.09. The molecule has 0 bridgehead atoms. The molecule has 0 aliphatic rings. The number of carbonyl (C=O) groups excluding carboxylic acids is 1. The van der Waals surface area contributed by atoms with Crippen LogP contribution in [0, 0.1) is 6.92 Å². The van der Waals surface area contributed by atoms with E-state index >= 15 is 0 Å². The van der Waals surface area contributed by atoms with Crippen LogP contribution in [-0.4, -0.2) is 11.1 Å². The second kappa shape index (κ2) is 5.81. The van der Waals surface area contributed by atoms with Crippen LogP contribution in [-0.2, 0) is 11.2 Å². The topological polar surface area (TPSA) is 55.1 Å². The van der Waals surface area contributed by atoms with Crippen molar-refractivity contribution in [1.82, 2.24) is 5.16 Å². The third kappa shape index (κ3) is 2.63. The molecule has 0 saturated heterocycles. The second-order valence-electron chi connectivity index (χ2n) is 5.88. The molecular formula is C20H16N2O2. The number of nitrogens with one attached hydrogen (secondary N) is 1. The highest BCUT2D eigenvalue weighted by Gasteiger charge is 2.13. The summed E-state index contributed by atoms with van der Waals surface area (Å²) in [6.45, 7) is 2.01. The number of rotatable bonds is 3. The van der Waals surface area contributed by atoms with E-state index in [4.69, 9.17) is 4.52 Å². The van der Waals surface area contributed by atoms with Gasteiger partial charge >= 0.3 is 0 Å². The number of anilines is 1. The second-order valence-corrected chi connectivity index (χ2v) is 5.88. The molecule has 0 spiro atoms. The Balaban J connectivity index is 1.61. The number of fused-ring (bicyclic) bond motifs is 2. The molecule has 4 heteroatoms. The maximum Gasteiger partial charge on any atom is 0.230 e. The highest BCUT2D eigenvalue weighted by Crippen LogP contribution is 2.24. The molecule has 4 nitrogen and oxygen atoms in total. The zero-order valence-electron chi connectivity index (χ0n) is 13.2. The molecule has 1 N–H and O–H groups in total. The summed E-state index contributed by atoms with van der Waals surface area (Å²) in [6.07, 6.45) is 0.180. The van der Waals surface area contributed by atoms with Crippen LogP contribution in [0.5, 0.6) is 0 Å². The van der Waals surface area contributed by atoms with Gasteiger partial charge in [-0.25, -0.2) is 0 Å². The van der Waals surface area contributed by atoms with E-state index in [1.54, 1.807) is 0 Å². The first-order valence-corrected chi connectivity index (χ1v) is 7.83. The summed E-state index contributed by atoms with van der Waals surface area (Å²) >= 11 is 0. The highest BCUT2D eigenvalue weighted by molar-refractivity contribution is 6.03. The monoisotopic (exact) mass is 316 g/mol. The Hall–Kier alpha value is -3.14. The van der Waals surface area contributed by atoms with Gasteiger partial charge in [-0.1, -0.05) is 53.2 Å². The number of carbonyl (C=O) groups is 1. The molecule has 3 aromatic carbocycles. The zero-order chi connectivity index (χ0) is 16.5. The molecule has 1 heterocycles. The van der Waals surface area contributed by atoms with Gasteiger partial charge in [0.1, 0.15) is 5.69 Å². The smallest absolute Gasteiger partial charge is 0.230 e. The first-order chi connectivity index (χ1) is 11.7. The number of hydrogen-bond donors (Lipinski definition) is 1. The molecule has 118 valence electrons. The van der Waals surface area contributed by atoms with E-state index in [2.05, 4.69) is 10.5 Å². The van der Waals surface area contributed by atoms with E-state index in [1.165, 1.54) is 0 Å². The normalized spacial score (nSPS) is 11.0. The van der Waals surface area contributed by atoms with Crippen LogP contribution in [0.1, 0.15) is 11.3 Å².